The summed E-state index contributed by atoms with van der Waals surface area (Å²) >= 11 is 0. The Hall–Kier alpha value is -3.15. The SMILES string of the molecule is CCC(=O)N1C[C@H]2CN(C(=O)c3cc4ccccc4[nH]3)[C@@H](c3cccc(F)c3)[C@H]2C1. The number of halogens is 1. The standard InChI is InChI=1S/C24H24FN3O2/c1-2-22(29)27-12-17-13-28(23(19(17)14-27)16-7-5-8-18(25)10-16)24(30)21-11-15-6-3-4-9-20(15)26-21/h3-11,17,19,23,26H,2,12-14H2,1H3/t17-,19-,23-/m0/s1. The Bertz CT molecular complexity index is 1090. The van der Waals surface area contributed by atoms with E-state index < -0.39 is 0 Å². The van der Waals surface area contributed by atoms with Crippen LogP contribution < -0.4 is 0 Å². The summed E-state index contributed by atoms with van der Waals surface area (Å²) in [5.74, 6) is 0.0466. The summed E-state index contributed by atoms with van der Waals surface area (Å²) in [5.41, 5.74) is 2.25. The molecule has 3 atom stereocenters. The number of nitrogens with one attached hydrogen (secondary N) is 1. The fourth-order valence-corrected chi connectivity index (χ4v) is 5.14. The van der Waals surface area contributed by atoms with E-state index in [2.05, 4.69) is 4.98 Å². The first-order chi connectivity index (χ1) is 14.5. The van der Waals surface area contributed by atoms with Crippen LogP contribution in [-0.4, -0.2) is 46.2 Å². The van der Waals surface area contributed by atoms with Crippen LogP contribution in [-0.2, 0) is 4.79 Å². The Kier molecular flexibility index (Phi) is 4.57. The predicted octanol–water partition coefficient (Wildman–Crippen LogP) is 3.99. The second kappa shape index (κ2) is 7.27. The summed E-state index contributed by atoms with van der Waals surface area (Å²) in [6.07, 6.45) is 0.474. The van der Waals surface area contributed by atoms with Gasteiger partial charge in [-0.1, -0.05) is 37.3 Å². The van der Waals surface area contributed by atoms with Crippen LogP contribution >= 0.6 is 0 Å². The molecule has 0 bridgehead atoms. The zero-order chi connectivity index (χ0) is 20.8. The lowest BCUT2D eigenvalue weighted by molar-refractivity contribution is -0.130. The van der Waals surface area contributed by atoms with Gasteiger partial charge in [-0.05, 0) is 29.8 Å². The fraction of sp³-hybridized carbons (Fsp3) is 0.333. The number of rotatable bonds is 3. The topological polar surface area (TPSA) is 56.4 Å². The van der Waals surface area contributed by atoms with Crippen LogP contribution in [0.5, 0.6) is 0 Å². The zero-order valence-corrected chi connectivity index (χ0v) is 16.8. The molecule has 2 aromatic carbocycles. The van der Waals surface area contributed by atoms with Gasteiger partial charge in [-0.15, -0.1) is 0 Å². The van der Waals surface area contributed by atoms with Gasteiger partial charge in [-0.3, -0.25) is 9.59 Å². The Morgan fingerprint density at radius 3 is 2.67 bits per heavy atom. The summed E-state index contributed by atoms with van der Waals surface area (Å²) in [5, 5.41) is 0.988. The molecule has 2 amide bonds. The maximum atomic E-state index is 14.0. The third-order valence-electron chi connectivity index (χ3n) is 6.53. The molecule has 1 N–H and O–H groups in total. The van der Waals surface area contributed by atoms with E-state index in [0.29, 0.717) is 31.7 Å². The number of H-pyrrole nitrogens is 1. The number of likely N-dealkylation sites (tertiary alicyclic amines) is 2. The lowest BCUT2D eigenvalue weighted by Gasteiger charge is -2.29. The summed E-state index contributed by atoms with van der Waals surface area (Å²) in [4.78, 5) is 32.8. The van der Waals surface area contributed by atoms with Gasteiger partial charge in [0.1, 0.15) is 11.5 Å². The van der Waals surface area contributed by atoms with Crippen molar-refractivity contribution in [2.75, 3.05) is 19.6 Å². The van der Waals surface area contributed by atoms with Gasteiger partial charge in [-0.2, -0.15) is 0 Å². The van der Waals surface area contributed by atoms with Crippen LogP contribution in [0.4, 0.5) is 4.39 Å². The highest BCUT2D eigenvalue weighted by Gasteiger charge is 2.50. The maximum Gasteiger partial charge on any atom is 0.270 e. The second-order valence-corrected chi connectivity index (χ2v) is 8.30. The lowest BCUT2D eigenvalue weighted by atomic mass is 9.89. The number of amides is 2. The van der Waals surface area contributed by atoms with Crippen LogP contribution in [0.25, 0.3) is 10.9 Å². The van der Waals surface area contributed by atoms with Crippen molar-refractivity contribution < 1.29 is 14.0 Å². The van der Waals surface area contributed by atoms with Gasteiger partial charge < -0.3 is 14.8 Å². The maximum absolute atomic E-state index is 14.0. The fourth-order valence-electron chi connectivity index (χ4n) is 5.14. The smallest absolute Gasteiger partial charge is 0.270 e. The van der Waals surface area contributed by atoms with Gasteiger partial charge in [0.25, 0.3) is 5.91 Å². The van der Waals surface area contributed by atoms with E-state index in [9.17, 15) is 14.0 Å². The van der Waals surface area contributed by atoms with E-state index in [1.807, 2.05) is 53.1 Å². The van der Waals surface area contributed by atoms with Gasteiger partial charge in [0.2, 0.25) is 5.91 Å². The number of hydrogen-bond donors (Lipinski definition) is 1. The molecule has 3 aromatic rings. The van der Waals surface area contributed by atoms with Crippen LogP contribution in [0, 0.1) is 17.7 Å². The lowest BCUT2D eigenvalue weighted by Crippen LogP contribution is -2.37. The van der Waals surface area contributed by atoms with Crippen LogP contribution in [0.3, 0.4) is 0 Å². The van der Waals surface area contributed by atoms with Crippen LogP contribution in [0.15, 0.2) is 54.6 Å². The minimum atomic E-state index is -0.312. The number of benzene rings is 2. The van der Waals surface area contributed by atoms with Gasteiger partial charge in [0.15, 0.2) is 0 Å². The number of fused-ring (bicyclic) bond motifs is 2. The molecule has 0 unspecified atom stereocenters. The van der Waals surface area contributed by atoms with Crippen molar-refractivity contribution in [2.45, 2.75) is 19.4 Å². The quantitative estimate of drug-likeness (QED) is 0.716. The second-order valence-electron chi connectivity index (χ2n) is 8.30. The molecule has 2 saturated heterocycles. The number of para-hydroxylation sites is 1. The first-order valence-corrected chi connectivity index (χ1v) is 10.5. The van der Waals surface area contributed by atoms with Crippen LogP contribution in [0.2, 0.25) is 0 Å². The summed E-state index contributed by atoms with van der Waals surface area (Å²) < 4.78 is 14.0. The van der Waals surface area contributed by atoms with Crippen molar-refractivity contribution in [1.82, 2.24) is 14.8 Å². The third-order valence-corrected chi connectivity index (χ3v) is 6.53. The highest BCUT2D eigenvalue weighted by Crippen LogP contribution is 2.45. The van der Waals surface area contributed by atoms with Crippen molar-refractivity contribution in [3.63, 3.8) is 0 Å². The predicted molar refractivity (Wildman–Crippen MR) is 112 cm³/mol. The number of hydrogen-bond acceptors (Lipinski definition) is 2. The molecule has 0 radical (unpaired) electrons. The number of aromatic amines is 1. The molecule has 2 aliphatic heterocycles. The van der Waals surface area contributed by atoms with Crippen molar-refractivity contribution in [2.24, 2.45) is 11.8 Å². The molecule has 5 nitrogen and oxygen atoms in total. The van der Waals surface area contributed by atoms with Crippen molar-refractivity contribution in [3.05, 3.63) is 71.7 Å². The minimum absolute atomic E-state index is 0.0803. The van der Waals surface area contributed by atoms with Crippen LogP contribution in [0.1, 0.15) is 35.4 Å². The highest BCUT2D eigenvalue weighted by atomic mass is 19.1. The summed E-state index contributed by atoms with van der Waals surface area (Å²) in [6.45, 7) is 3.69. The molecule has 3 heterocycles. The van der Waals surface area contributed by atoms with Crippen molar-refractivity contribution in [3.8, 4) is 0 Å². The molecular weight excluding hydrogens is 381 g/mol. The molecular formula is C24H24FN3O2. The van der Waals surface area contributed by atoms with Crippen molar-refractivity contribution in [1.29, 1.82) is 0 Å². The Morgan fingerprint density at radius 2 is 1.90 bits per heavy atom. The molecule has 2 fully saturated rings. The third kappa shape index (κ3) is 3.07. The Labute approximate surface area is 174 Å². The number of aromatic nitrogens is 1. The first-order valence-electron chi connectivity index (χ1n) is 10.5. The normalized spacial score (nSPS) is 23.2. The average molecular weight is 405 g/mol. The Morgan fingerprint density at radius 1 is 1.07 bits per heavy atom. The first kappa shape index (κ1) is 18.9. The summed E-state index contributed by atoms with van der Waals surface area (Å²) in [7, 11) is 0. The number of carbonyl (C=O) groups is 2. The van der Waals surface area contributed by atoms with Gasteiger partial charge >= 0.3 is 0 Å². The molecule has 30 heavy (non-hydrogen) atoms. The number of nitrogens with zero attached hydrogens (tertiary/aromatic N) is 2. The molecule has 6 heteroatoms. The van der Waals surface area contributed by atoms with E-state index >= 15 is 0 Å². The van der Waals surface area contributed by atoms with E-state index in [-0.39, 0.29) is 35.5 Å². The summed E-state index contributed by atoms with van der Waals surface area (Å²) in [6, 6.07) is 15.9. The highest BCUT2D eigenvalue weighted by molar-refractivity contribution is 5.98. The average Bonchev–Trinajstić information content (AvgIpc) is 3.44. The molecule has 1 aromatic heterocycles. The van der Waals surface area contributed by atoms with Gasteiger partial charge in [0.05, 0.1) is 6.04 Å². The van der Waals surface area contributed by atoms with E-state index in [0.717, 1.165) is 16.5 Å². The Balaban J connectivity index is 1.50. The largest absolute Gasteiger partial charge is 0.351 e. The van der Waals surface area contributed by atoms with Crippen molar-refractivity contribution >= 4 is 22.7 Å². The molecule has 5 rings (SSSR count). The number of carbonyl (C=O) groups excluding carboxylic acids is 2. The van der Waals surface area contributed by atoms with E-state index in [1.165, 1.54) is 12.1 Å². The molecule has 154 valence electrons. The van der Waals surface area contributed by atoms with Gasteiger partial charge in [-0.25, -0.2) is 4.39 Å². The van der Waals surface area contributed by atoms with E-state index in [1.54, 1.807) is 6.07 Å². The minimum Gasteiger partial charge on any atom is -0.351 e. The molecule has 0 spiro atoms. The molecule has 2 aliphatic rings. The molecule has 0 aliphatic carbocycles. The zero-order valence-electron chi connectivity index (χ0n) is 16.8. The molecule has 0 saturated carbocycles. The van der Waals surface area contributed by atoms with E-state index in [4.69, 9.17) is 0 Å². The monoisotopic (exact) mass is 405 g/mol. The van der Waals surface area contributed by atoms with Gasteiger partial charge in [0, 0.05) is 48.8 Å².